The third-order valence-electron chi connectivity index (χ3n) is 5.99. The summed E-state index contributed by atoms with van der Waals surface area (Å²) in [7, 11) is 0. The van der Waals surface area contributed by atoms with Crippen molar-refractivity contribution in [1.29, 1.82) is 0 Å². The highest BCUT2D eigenvalue weighted by atomic mass is 35.5. The molecular weight excluding hydrogens is 507 g/mol. The highest BCUT2D eigenvalue weighted by Crippen LogP contribution is 2.25. The molecule has 5 nitrogen and oxygen atoms in total. The van der Waals surface area contributed by atoms with Crippen LogP contribution in [0.15, 0.2) is 66.7 Å². The standard InChI is InChI=1S/C30H34Cl2N2O3/c1-20(2)17-33-30(36)27(16-23-8-6-5-7-9-23)34(18-24-12-13-25(31)26(32)15-24)29(35)19-37-28-14-21(3)10-11-22(28)4/h5-15,20,27H,16-19H2,1-4H3,(H,33,36). The number of hydrogen-bond acceptors (Lipinski definition) is 3. The molecule has 1 atom stereocenters. The third-order valence-corrected chi connectivity index (χ3v) is 6.73. The minimum atomic E-state index is -0.745. The van der Waals surface area contributed by atoms with Gasteiger partial charge in [-0.2, -0.15) is 0 Å². The van der Waals surface area contributed by atoms with Crippen LogP contribution in [0, 0.1) is 19.8 Å². The fraction of sp³-hybridized carbons (Fsp3) is 0.333. The Morgan fingerprint density at radius 1 is 0.919 bits per heavy atom. The van der Waals surface area contributed by atoms with Crippen molar-refractivity contribution in [2.24, 2.45) is 5.92 Å². The van der Waals surface area contributed by atoms with E-state index in [0.29, 0.717) is 28.8 Å². The van der Waals surface area contributed by atoms with Gasteiger partial charge in [-0.3, -0.25) is 9.59 Å². The second kappa shape index (κ2) is 13.5. The fourth-order valence-corrected chi connectivity index (χ4v) is 4.22. The van der Waals surface area contributed by atoms with Gasteiger partial charge in [-0.05, 0) is 60.2 Å². The third kappa shape index (κ3) is 8.51. The molecule has 0 fully saturated rings. The lowest BCUT2D eigenvalue weighted by atomic mass is 10.0. The van der Waals surface area contributed by atoms with Crippen molar-refractivity contribution in [2.75, 3.05) is 13.2 Å². The van der Waals surface area contributed by atoms with Crippen molar-refractivity contribution in [1.82, 2.24) is 10.2 Å². The van der Waals surface area contributed by atoms with Gasteiger partial charge in [-0.1, -0.05) is 85.6 Å². The maximum absolute atomic E-state index is 13.7. The summed E-state index contributed by atoms with van der Waals surface area (Å²) in [6.07, 6.45) is 0.362. The molecule has 0 saturated heterocycles. The maximum Gasteiger partial charge on any atom is 0.261 e. The van der Waals surface area contributed by atoms with Crippen LogP contribution in [0.4, 0.5) is 0 Å². The monoisotopic (exact) mass is 540 g/mol. The van der Waals surface area contributed by atoms with Crippen LogP contribution in [-0.2, 0) is 22.6 Å². The average molecular weight is 542 g/mol. The van der Waals surface area contributed by atoms with Gasteiger partial charge in [0.25, 0.3) is 5.91 Å². The van der Waals surface area contributed by atoms with Gasteiger partial charge in [0.05, 0.1) is 10.0 Å². The summed E-state index contributed by atoms with van der Waals surface area (Å²) in [6.45, 7) is 8.46. The van der Waals surface area contributed by atoms with E-state index >= 15 is 0 Å². The zero-order valence-corrected chi connectivity index (χ0v) is 23.3. The van der Waals surface area contributed by atoms with Crippen LogP contribution in [0.5, 0.6) is 5.75 Å². The van der Waals surface area contributed by atoms with Crippen molar-refractivity contribution in [2.45, 2.75) is 46.7 Å². The second-order valence-corrected chi connectivity index (χ2v) is 10.5. The Balaban J connectivity index is 1.94. The molecule has 0 spiro atoms. The van der Waals surface area contributed by atoms with E-state index in [1.807, 2.05) is 82.3 Å². The zero-order chi connectivity index (χ0) is 26.9. The van der Waals surface area contributed by atoms with Gasteiger partial charge in [0, 0.05) is 19.5 Å². The number of carbonyl (C=O) groups excluding carboxylic acids is 2. The number of carbonyl (C=O) groups is 2. The van der Waals surface area contributed by atoms with Crippen LogP contribution in [0.1, 0.15) is 36.1 Å². The van der Waals surface area contributed by atoms with Gasteiger partial charge >= 0.3 is 0 Å². The van der Waals surface area contributed by atoms with Crippen LogP contribution in [0.3, 0.4) is 0 Å². The number of aryl methyl sites for hydroxylation is 2. The Hall–Kier alpha value is -3.02. The molecule has 0 saturated carbocycles. The molecule has 3 aromatic carbocycles. The number of benzene rings is 3. The van der Waals surface area contributed by atoms with Crippen LogP contribution in [0.2, 0.25) is 10.0 Å². The Morgan fingerprint density at radius 2 is 1.65 bits per heavy atom. The number of nitrogens with zero attached hydrogens (tertiary/aromatic N) is 1. The first-order valence-corrected chi connectivity index (χ1v) is 13.1. The molecule has 0 bridgehead atoms. The zero-order valence-electron chi connectivity index (χ0n) is 21.8. The van der Waals surface area contributed by atoms with Gasteiger partial charge < -0.3 is 15.0 Å². The minimum absolute atomic E-state index is 0.179. The first-order valence-electron chi connectivity index (χ1n) is 12.4. The summed E-state index contributed by atoms with van der Waals surface area (Å²) < 4.78 is 5.95. The number of hydrogen-bond donors (Lipinski definition) is 1. The van der Waals surface area contributed by atoms with E-state index in [2.05, 4.69) is 5.32 Å². The smallest absolute Gasteiger partial charge is 0.261 e. The first kappa shape index (κ1) is 28.5. The number of amides is 2. The molecule has 0 aromatic heterocycles. The summed E-state index contributed by atoms with van der Waals surface area (Å²) in [6, 6.07) is 20.0. The fourth-order valence-electron chi connectivity index (χ4n) is 3.90. The van der Waals surface area contributed by atoms with E-state index in [1.165, 1.54) is 0 Å². The second-order valence-electron chi connectivity index (χ2n) is 9.67. The number of nitrogens with one attached hydrogen (secondary N) is 1. The van der Waals surface area contributed by atoms with Gasteiger partial charge in [0.1, 0.15) is 11.8 Å². The van der Waals surface area contributed by atoms with E-state index in [1.54, 1.807) is 17.0 Å². The molecule has 0 aliphatic heterocycles. The van der Waals surface area contributed by atoms with Crippen molar-refractivity contribution >= 4 is 35.0 Å². The summed E-state index contributed by atoms with van der Waals surface area (Å²) in [5.74, 6) is 0.408. The number of rotatable bonds is 11. The SMILES string of the molecule is Cc1ccc(C)c(OCC(=O)N(Cc2ccc(Cl)c(Cl)c2)C(Cc2ccccc2)C(=O)NCC(C)C)c1. The molecule has 7 heteroatoms. The molecule has 0 aliphatic carbocycles. The van der Waals surface area contributed by atoms with Crippen LogP contribution in [0.25, 0.3) is 0 Å². The maximum atomic E-state index is 13.7. The van der Waals surface area contributed by atoms with E-state index in [4.69, 9.17) is 27.9 Å². The molecule has 0 heterocycles. The van der Waals surface area contributed by atoms with Gasteiger partial charge in [-0.15, -0.1) is 0 Å². The van der Waals surface area contributed by atoms with E-state index in [-0.39, 0.29) is 30.9 Å². The summed E-state index contributed by atoms with van der Waals surface area (Å²) >= 11 is 12.4. The van der Waals surface area contributed by atoms with Crippen LogP contribution in [-0.4, -0.2) is 35.9 Å². The molecule has 196 valence electrons. The summed E-state index contributed by atoms with van der Waals surface area (Å²) in [5, 5.41) is 3.83. The highest BCUT2D eigenvalue weighted by Gasteiger charge is 2.31. The van der Waals surface area contributed by atoms with Crippen LogP contribution >= 0.6 is 23.2 Å². The van der Waals surface area contributed by atoms with Gasteiger partial charge in [0.2, 0.25) is 5.91 Å². The summed E-state index contributed by atoms with van der Waals surface area (Å²) in [4.78, 5) is 28.8. The van der Waals surface area contributed by atoms with Crippen molar-refractivity contribution in [3.05, 3.63) is 99.0 Å². The number of ether oxygens (including phenoxy) is 1. The molecule has 3 rings (SSSR count). The molecule has 1 unspecified atom stereocenters. The van der Waals surface area contributed by atoms with Gasteiger partial charge in [-0.25, -0.2) is 0 Å². The molecular formula is C30H34Cl2N2O3. The lowest BCUT2D eigenvalue weighted by Crippen LogP contribution is -2.52. The Kier molecular flexibility index (Phi) is 10.4. The Labute approximate surface area is 229 Å². The molecule has 37 heavy (non-hydrogen) atoms. The normalized spacial score (nSPS) is 11.8. The molecule has 0 radical (unpaired) electrons. The Morgan fingerprint density at radius 3 is 2.32 bits per heavy atom. The topological polar surface area (TPSA) is 58.6 Å². The predicted molar refractivity (Wildman–Crippen MR) is 150 cm³/mol. The average Bonchev–Trinajstić information content (AvgIpc) is 2.87. The van der Waals surface area contributed by atoms with E-state index in [9.17, 15) is 9.59 Å². The lowest BCUT2D eigenvalue weighted by molar-refractivity contribution is -0.142. The lowest BCUT2D eigenvalue weighted by Gasteiger charge is -2.32. The first-order chi connectivity index (χ1) is 17.6. The van der Waals surface area contributed by atoms with Crippen LogP contribution < -0.4 is 10.1 Å². The minimum Gasteiger partial charge on any atom is -0.483 e. The summed E-state index contributed by atoms with van der Waals surface area (Å²) in [5.41, 5.74) is 3.69. The van der Waals surface area contributed by atoms with Crippen molar-refractivity contribution in [3.8, 4) is 5.75 Å². The largest absolute Gasteiger partial charge is 0.483 e. The predicted octanol–water partition coefficient (Wildman–Crippen LogP) is 6.40. The van der Waals surface area contributed by atoms with Gasteiger partial charge in [0.15, 0.2) is 6.61 Å². The van der Waals surface area contributed by atoms with E-state index in [0.717, 1.165) is 22.3 Å². The number of halogens is 2. The highest BCUT2D eigenvalue weighted by molar-refractivity contribution is 6.42. The molecule has 1 N–H and O–H groups in total. The molecule has 3 aromatic rings. The van der Waals surface area contributed by atoms with E-state index < -0.39 is 6.04 Å². The van der Waals surface area contributed by atoms with Crippen molar-refractivity contribution < 1.29 is 14.3 Å². The quantitative estimate of drug-likeness (QED) is 0.306. The van der Waals surface area contributed by atoms with Crippen molar-refractivity contribution in [3.63, 3.8) is 0 Å². The molecule has 0 aliphatic rings. The Bertz CT molecular complexity index is 1210. The molecule has 2 amide bonds.